The lowest BCUT2D eigenvalue weighted by atomic mass is 10.2. The van der Waals surface area contributed by atoms with Crippen LogP contribution in [0.3, 0.4) is 0 Å². The Bertz CT molecular complexity index is 424. The van der Waals surface area contributed by atoms with Gasteiger partial charge in [-0.3, -0.25) is 8.37 Å². The first kappa shape index (κ1) is 9.31. The van der Waals surface area contributed by atoms with E-state index in [-0.39, 0.29) is 0 Å². The second-order valence-electron chi connectivity index (χ2n) is 2.76. The van der Waals surface area contributed by atoms with E-state index in [1.807, 2.05) is 0 Å². The van der Waals surface area contributed by atoms with E-state index in [1.165, 1.54) is 0 Å². The van der Waals surface area contributed by atoms with E-state index in [0.29, 0.717) is 0 Å². The second-order valence-corrected chi connectivity index (χ2v) is 6.03. The molecule has 2 unspecified atom stereocenters. The molecule has 76 valence electrons. The fraction of sp³-hybridized carbons (Fsp3) is 1.00. The lowest BCUT2D eigenvalue weighted by Gasteiger charge is -2.02. The van der Waals surface area contributed by atoms with Crippen molar-refractivity contribution in [2.45, 2.75) is 17.7 Å². The fourth-order valence-corrected chi connectivity index (χ4v) is 3.89. The van der Waals surface area contributed by atoms with E-state index in [2.05, 4.69) is 8.37 Å². The first-order chi connectivity index (χ1) is 5.82. The molecule has 6 nitrogen and oxygen atoms in total. The molecule has 0 aromatic carbocycles. The van der Waals surface area contributed by atoms with Gasteiger partial charge in [-0.1, -0.05) is 0 Å². The third-order valence-corrected chi connectivity index (χ3v) is 4.37. The number of hydrogen-bond donors (Lipinski definition) is 0. The largest absolute Gasteiger partial charge is 0.303 e. The average molecular weight is 232 g/mol. The Hall–Kier alpha value is -0.250. The molecule has 2 rings (SSSR count). The summed E-state index contributed by atoms with van der Waals surface area (Å²) in [5, 5.41) is 0. The summed E-state index contributed by atoms with van der Waals surface area (Å²) in [6.45, 7) is 0. The van der Waals surface area contributed by atoms with Crippen molar-refractivity contribution in [2.24, 2.45) is 0 Å². The lowest BCUT2D eigenvalue weighted by Crippen LogP contribution is -2.25. The maximum Gasteiger partial charge on any atom is 0.303 e. The molecule has 2 saturated heterocycles. The van der Waals surface area contributed by atoms with Crippen molar-refractivity contribution in [2.75, 3.05) is 5.75 Å². The molecule has 0 radical (unpaired) electrons. The number of alkyl halides is 1. The first-order valence-corrected chi connectivity index (χ1v) is 6.34. The van der Waals surface area contributed by atoms with Crippen LogP contribution in [0, 0.1) is 0 Å². The molecule has 0 spiro atoms. The molecule has 2 aliphatic rings. The quantitative estimate of drug-likeness (QED) is 0.484. The van der Waals surface area contributed by atoms with Crippen molar-refractivity contribution in [1.82, 2.24) is 0 Å². The van der Waals surface area contributed by atoms with Gasteiger partial charge in [0.25, 0.3) is 15.6 Å². The minimum absolute atomic E-state index is 0.614. The maximum absolute atomic E-state index is 12.9. The van der Waals surface area contributed by atoms with Gasteiger partial charge in [-0.15, -0.1) is 0 Å². The average Bonchev–Trinajstić information content (AvgIpc) is 2.30. The summed E-state index contributed by atoms with van der Waals surface area (Å²) in [7, 11) is -8.11. The molecule has 0 amide bonds. The Labute approximate surface area is 73.9 Å². The topological polar surface area (TPSA) is 86.7 Å². The monoisotopic (exact) mass is 232 g/mol. The molecule has 9 heteroatoms. The molecular weight excluding hydrogens is 227 g/mol. The second kappa shape index (κ2) is 2.41. The number of fused-ring (bicyclic) bond motifs is 1. The van der Waals surface area contributed by atoms with Crippen LogP contribution in [0.4, 0.5) is 4.39 Å². The first-order valence-electron chi connectivity index (χ1n) is 3.29. The molecule has 2 heterocycles. The molecule has 0 aliphatic carbocycles. The Morgan fingerprint density at radius 3 is 2.31 bits per heavy atom. The maximum atomic E-state index is 12.9. The van der Waals surface area contributed by atoms with Gasteiger partial charge in [-0.2, -0.15) is 16.8 Å². The summed E-state index contributed by atoms with van der Waals surface area (Å²) in [4.78, 5) is 0. The van der Waals surface area contributed by atoms with Gasteiger partial charge in [0.05, 0.1) is 0 Å². The zero-order chi connectivity index (χ0) is 9.85. The summed E-state index contributed by atoms with van der Waals surface area (Å²) >= 11 is 0. The third kappa shape index (κ3) is 1.35. The van der Waals surface area contributed by atoms with Crippen LogP contribution in [-0.2, 0) is 28.6 Å². The normalized spacial score (nSPS) is 46.1. The van der Waals surface area contributed by atoms with Gasteiger partial charge in [0.2, 0.25) is 0 Å². The molecule has 13 heavy (non-hydrogen) atoms. The van der Waals surface area contributed by atoms with E-state index in [9.17, 15) is 21.2 Å². The number of hydrogen-bond acceptors (Lipinski definition) is 6. The van der Waals surface area contributed by atoms with Crippen molar-refractivity contribution < 1.29 is 29.6 Å². The predicted molar refractivity (Wildman–Crippen MR) is 37.3 cm³/mol. The molecular formula is C4H5FO6S2. The molecule has 3 atom stereocenters. The van der Waals surface area contributed by atoms with Gasteiger partial charge in [-0.25, -0.2) is 4.39 Å². The van der Waals surface area contributed by atoms with Crippen molar-refractivity contribution in [1.29, 1.82) is 0 Å². The highest BCUT2D eigenvalue weighted by Gasteiger charge is 2.57. The van der Waals surface area contributed by atoms with E-state index in [1.54, 1.807) is 0 Å². The van der Waals surface area contributed by atoms with E-state index in [4.69, 9.17) is 0 Å². The van der Waals surface area contributed by atoms with Gasteiger partial charge in [-0.05, 0) is 0 Å². The van der Waals surface area contributed by atoms with Gasteiger partial charge in [0.1, 0.15) is 11.9 Å². The van der Waals surface area contributed by atoms with Gasteiger partial charge < -0.3 is 0 Å². The van der Waals surface area contributed by atoms with Crippen molar-refractivity contribution >= 4 is 20.2 Å². The number of rotatable bonds is 0. The molecule has 0 N–H and O–H groups in total. The minimum atomic E-state index is -4.29. The van der Waals surface area contributed by atoms with Crippen LogP contribution in [0.1, 0.15) is 0 Å². The molecule has 0 saturated carbocycles. The highest BCUT2D eigenvalue weighted by molar-refractivity contribution is 7.88. The van der Waals surface area contributed by atoms with Gasteiger partial charge in [0.15, 0.2) is 6.10 Å². The van der Waals surface area contributed by atoms with Gasteiger partial charge >= 0.3 is 10.1 Å². The van der Waals surface area contributed by atoms with Crippen LogP contribution >= 0.6 is 0 Å². The van der Waals surface area contributed by atoms with Gasteiger partial charge in [0, 0.05) is 0 Å². The SMILES string of the molecule is O=S1(=O)C[C@@H]2OS(=O)(=O)C(F)C2O1. The van der Waals surface area contributed by atoms with Crippen LogP contribution in [0.2, 0.25) is 0 Å². The van der Waals surface area contributed by atoms with Crippen LogP contribution in [0.5, 0.6) is 0 Å². The lowest BCUT2D eigenvalue weighted by molar-refractivity contribution is 0.116. The Balaban J connectivity index is 2.36. The molecule has 0 bridgehead atoms. The Kier molecular flexibility index (Phi) is 1.72. The third-order valence-electron chi connectivity index (χ3n) is 1.78. The number of halogens is 1. The van der Waals surface area contributed by atoms with E-state index >= 15 is 0 Å². The Morgan fingerprint density at radius 2 is 1.77 bits per heavy atom. The standard InChI is InChI=1S/C4H5FO6S2/c5-4-3-2(10-13(4,8)9)1-12(6,7)11-3/h2-4H,1H2/t2-,3?,4?/m0/s1. The van der Waals surface area contributed by atoms with Crippen molar-refractivity contribution in [3.8, 4) is 0 Å². The molecule has 0 aromatic rings. The fourth-order valence-electron chi connectivity index (χ4n) is 1.25. The summed E-state index contributed by atoms with van der Waals surface area (Å²) in [6.07, 6.45) is -2.76. The van der Waals surface area contributed by atoms with Crippen LogP contribution < -0.4 is 0 Å². The summed E-state index contributed by atoms with van der Waals surface area (Å²) in [5.41, 5.74) is -2.41. The zero-order valence-electron chi connectivity index (χ0n) is 6.08. The van der Waals surface area contributed by atoms with E-state index < -0.39 is 43.7 Å². The van der Waals surface area contributed by atoms with Crippen LogP contribution in [0.25, 0.3) is 0 Å². The highest BCUT2D eigenvalue weighted by Crippen LogP contribution is 2.34. The smallest absolute Gasteiger partial charge is 0.260 e. The van der Waals surface area contributed by atoms with Crippen LogP contribution in [0.15, 0.2) is 0 Å². The van der Waals surface area contributed by atoms with E-state index in [0.717, 1.165) is 0 Å². The van der Waals surface area contributed by atoms with Crippen LogP contribution in [-0.4, -0.2) is 40.3 Å². The minimum Gasteiger partial charge on any atom is -0.260 e. The predicted octanol–water partition coefficient (Wildman–Crippen LogP) is -1.26. The molecule has 2 fully saturated rings. The molecule has 0 aromatic heterocycles. The highest BCUT2D eigenvalue weighted by atomic mass is 32.2. The summed E-state index contributed by atoms with van der Waals surface area (Å²) in [5.74, 6) is -0.614. The van der Waals surface area contributed by atoms with Crippen molar-refractivity contribution in [3.05, 3.63) is 0 Å². The summed E-state index contributed by atoms with van der Waals surface area (Å²) < 4.78 is 64.2. The van der Waals surface area contributed by atoms with Crippen molar-refractivity contribution in [3.63, 3.8) is 0 Å². The summed E-state index contributed by atoms with van der Waals surface area (Å²) in [6, 6.07) is 0. The Morgan fingerprint density at radius 1 is 1.15 bits per heavy atom. The zero-order valence-corrected chi connectivity index (χ0v) is 7.72. The molecule has 2 aliphatic heterocycles.